The summed E-state index contributed by atoms with van der Waals surface area (Å²) in [7, 11) is -3.21. The molecular formula is C10H22O6P2. The van der Waals surface area contributed by atoms with Crippen LogP contribution in [-0.2, 0) is 27.2 Å². The molecule has 0 radical (unpaired) electrons. The summed E-state index contributed by atoms with van der Waals surface area (Å²) in [6.07, 6.45) is 0. The summed E-state index contributed by atoms with van der Waals surface area (Å²) in [5, 5.41) is 0. The maximum absolute atomic E-state index is 11.2. The molecule has 0 aliphatic rings. The van der Waals surface area contributed by atoms with Gasteiger partial charge in [0.05, 0.1) is 13.2 Å². The molecule has 0 saturated carbocycles. The van der Waals surface area contributed by atoms with Crippen LogP contribution < -0.4 is 0 Å². The van der Waals surface area contributed by atoms with Crippen molar-refractivity contribution in [1.29, 1.82) is 0 Å². The third kappa shape index (κ3) is 8.81. The zero-order valence-electron chi connectivity index (χ0n) is 11.3. The molecule has 108 valence electrons. The lowest BCUT2D eigenvalue weighted by atomic mass is 10.9. The Balaban J connectivity index is 0. The van der Waals surface area contributed by atoms with E-state index in [4.69, 9.17) is 9.05 Å². The SMILES string of the molecule is C=CP(=O)(OC)OC.C=CP(=O)(OCC)OCC. The van der Waals surface area contributed by atoms with Crippen molar-refractivity contribution in [3.05, 3.63) is 24.8 Å². The minimum absolute atomic E-state index is 0.378. The Labute approximate surface area is 109 Å². The normalized spacial score (nSPS) is 11.3. The molecule has 18 heavy (non-hydrogen) atoms. The second kappa shape index (κ2) is 10.7. The minimum atomic E-state index is -2.94. The lowest BCUT2D eigenvalue weighted by Gasteiger charge is -2.11. The summed E-state index contributed by atoms with van der Waals surface area (Å²) in [5.41, 5.74) is 0. The lowest BCUT2D eigenvalue weighted by Crippen LogP contribution is -1.91. The molecule has 0 spiro atoms. The van der Waals surface area contributed by atoms with Gasteiger partial charge >= 0.3 is 15.2 Å². The van der Waals surface area contributed by atoms with Crippen molar-refractivity contribution in [3.8, 4) is 0 Å². The molecule has 0 heterocycles. The third-order valence-corrected chi connectivity index (χ3v) is 4.72. The van der Waals surface area contributed by atoms with Crippen LogP contribution in [0.25, 0.3) is 0 Å². The van der Waals surface area contributed by atoms with Crippen molar-refractivity contribution in [2.75, 3.05) is 27.4 Å². The van der Waals surface area contributed by atoms with Crippen molar-refractivity contribution < 1.29 is 27.2 Å². The quantitative estimate of drug-likeness (QED) is 0.631. The third-order valence-electron chi connectivity index (χ3n) is 1.57. The van der Waals surface area contributed by atoms with Crippen LogP contribution >= 0.6 is 15.2 Å². The Morgan fingerprint density at radius 2 is 1.22 bits per heavy atom. The van der Waals surface area contributed by atoms with Crippen molar-refractivity contribution >= 4 is 15.2 Å². The van der Waals surface area contributed by atoms with E-state index in [2.05, 4.69) is 22.2 Å². The van der Waals surface area contributed by atoms with Crippen LogP contribution in [-0.4, -0.2) is 27.4 Å². The first-order valence-electron chi connectivity index (χ1n) is 5.24. The van der Waals surface area contributed by atoms with Gasteiger partial charge in [-0.15, -0.1) is 0 Å². The molecule has 0 atom stereocenters. The summed E-state index contributed by atoms with van der Waals surface area (Å²) < 4.78 is 40.5. The molecule has 8 heteroatoms. The monoisotopic (exact) mass is 300 g/mol. The van der Waals surface area contributed by atoms with Gasteiger partial charge in [-0.25, -0.2) is 0 Å². The zero-order valence-corrected chi connectivity index (χ0v) is 13.1. The summed E-state index contributed by atoms with van der Waals surface area (Å²) in [6, 6.07) is 0. The topological polar surface area (TPSA) is 71.1 Å². The maximum Gasteiger partial charge on any atom is 0.353 e. The highest BCUT2D eigenvalue weighted by Gasteiger charge is 2.16. The van der Waals surface area contributed by atoms with Crippen LogP contribution in [0.2, 0.25) is 0 Å². The summed E-state index contributed by atoms with van der Waals surface area (Å²) in [4.78, 5) is 0. The van der Waals surface area contributed by atoms with E-state index in [0.29, 0.717) is 13.2 Å². The smallest absolute Gasteiger partial charge is 0.309 e. The molecule has 6 nitrogen and oxygen atoms in total. The summed E-state index contributed by atoms with van der Waals surface area (Å²) >= 11 is 0. The first kappa shape index (κ1) is 20.1. The van der Waals surface area contributed by atoms with Gasteiger partial charge in [0.2, 0.25) is 0 Å². The predicted molar refractivity (Wildman–Crippen MR) is 72.9 cm³/mol. The van der Waals surface area contributed by atoms with Crippen LogP contribution in [0.4, 0.5) is 0 Å². The Morgan fingerprint density at radius 1 is 0.889 bits per heavy atom. The maximum atomic E-state index is 11.2. The molecule has 0 unspecified atom stereocenters. The highest BCUT2D eigenvalue weighted by Crippen LogP contribution is 2.48. The summed E-state index contributed by atoms with van der Waals surface area (Å²) in [5.74, 6) is 2.38. The van der Waals surface area contributed by atoms with Crippen molar-refractivity contribution in [2.45, 2.75) is 13.8 Å². The van der Waals surface area contributed by atoms with E-state index in [0.717, 1.165) is 5.82 Å². The van der Waals surface area contributed by atoms with Gasteiger partial charge in [-0.3, -0.25) is 9.13 Å². The molecule has 0 aromatic heterocycles. The average Bonchev–Trinajstić information content (AvgIpc) is 2.39. The number of rotatable bonds is 8. The van der Waals surface area contributed by atoms with E-state index in [-0.39, 0.29) is 0 Å². The van der Waals surface area contributed by atoms with Gasteiger partial charge in [-0.1, -0.05) is 13.2 Å². The largest absolute Gasteiger partial charge is 0.353 e. The second-order valence-corrected chi connectivity index (χ2v) is 6.78. The number of hydrogen-bond acceptors (Lipinski definition) is 6. The second-order valence-electron chi connectivity index (χ2n) is 2.65. The Bertz CT molecular complexity index is 310. The highest BCUT2D eigenvalue weighted by atomic mass is 31.2. The van der Waals surface area contributed by atoms with Gasteiger partial charge in [-0.05, 0) is 13.8 Å². The van der Waals surface area contributed by atoms with Crippen molar-refractivity contribution in [2.24, 2.45) is 0 Å². The fraction of sp³-hybridized carbons (Fsp3) is 0.600. The number of hydrogen-bond donors (Lipinski definition) is 0. The van der Waals surface area contributed by atoms with E-state index in [1.165, 1.54) is 20.0 Å². The molecule has 0 amide bonds. The van der Waals surface area contributed by atoms with Gasteiger partial charge < -0.3 is 18.1 Å². The fourth-order valence-electron chi connectivity index (χ4n) is 0.726. The molecule has 0 rings (SSSR count). The molecule has 0 N–H and O–H groups in total. The molecular weight excluding hydrogens is 278 g/mol. The van der Waals surface area contributed by atoms with Gasteiger partial charge in [0.15, 0.2) is 0 Å². The van der Waals surface area contributed by atoms with E-state index in [9.17, 15) is 9.13 Å². The first-order chi connectivity index (χ1) is 8.36. The average molecular weight is 300 g/mol. The van der Waals surface area contributed by atoms with E-state index in [1.54, 1.807) is 13.8 Å². The van der Waals surface area contributed by atoms with E-state index >= 15 is 0 Å². The van der Waals surface area contributed by atoms with Crippen molar-refractivity contribution in [1.82, 2.24) is 0 Å². The Kier molecular flexibility index (Phi) is 11.9. The van der Waals surface area contributed by atoms with Crippen LogP contribution in [0, 0.1) is 0 Å². The standard InChI is InChI=1S/C6H13O3P.C4H9O3P/c1-4-8-10(7,6-3)9-5-2;1-4-8(5,6-2)7-3/h6H,3-5H2,1-2H3;4H,1H2,2-3H3. The molecule has 0 aromatic rings. The minimum Gasteiger partial charge on any atom is -0.309 e. The molecule has 0 bridgehead atoms. The predicted octanol–water partition coefficient (Wildman–Crippen LogP) is 4.01. The first-order valence-corrected chi connectivity index (χ1v) is 8.46. The Hall–Kier alpha value is -0.220. The molecule has 0 aliphatic carbocycles. The van der Waals surface area contributed by atoms with Gasteiger partial charge in [0.1, 0.15) is 0 Å². The van der Waals surface area contributed by atoms with Crippen LogP contribution in [0.15, 0.2) is 24.8 Å². The van der Waals surface area contributed by atoms with Gasteiger partial charge in [0.25, 0.3) is 0 Å². The van der Waals surface area contributed by atoms with Crippen LogP contribution in [0.3, 0.4) is 0 Å². The summed E-state index contributed by atoms with van der Waals surface area (Å²) in [6.45, 7) is 10.9. The van der Waals surface area contributed by atoms with E-state index in [1.807, 2.05) is 0 Å². The van der Waals surface area contributed by atoms with Gasteiger partial charge in [-0.2, -0.15) is 0 Å². The van der Waals surface area contributed by atoms with Gasteiger partial charge in [0, 0.05) is 25.9 Å². The molecule has 0 fully saturated rings. The Morgan fingerprint density at radius 3 is 1.33 bits per heavy atom. The highest BCUT2D eigenvalue weighted by molar-refractivity contribution is 7.57. The van der Waals surface area contributed by atoms with Crippen molar-refractivity contribution in [3.63, 3.8) is 0 Å². The zero-order chi connectivity index (χ0) is 14.7. The lowest BCUT2D eigenvalue weighted by molar-refractivity contribution is 0.229. The fourth-order valence-corrected chi connectivity index (χ4v) is 2.18. The van der Waals surface area contributed by atoms with Crippen LogP contribution in [0.5, 0.6) is 0 Å². The van der Waals surface area contributed by atoms with E-state index < -0.39 is 15.2 Å². The molecule has 0 aliphatic heterocycles. The molecule has 0 saturated heterocycles. The molecule has 0 aromatic carbocycles. The van der Waals surface area contributed by atoms with Crippen LogP contribution in [0.1, 0.15) is 13.8 Å².